The van der Waals surface area contributed by atoms with Crippen LogP contribution in [-0.4, -0.2) is 32.7 Å². The first-order valence-electron chi connectivity index (χ1n) is 5.88. The number of benzene rings is 1. The van der Waals surface area contributed by atoms with Gasteiger partial charge in [-0.3, -0.25) is 4.98 Å². The molecule has 0 unspecified atom stereocenters. The van der Waals surface area contributed by atoms with Gasteiger partial charge in [-0.25, -0.2) is 17.6 Å². The second kappa shape index (κ2) is 5.61. The Morgan fingerprint density at radius 2 is 2.00 bits per heavy atom. The molecule has 0 fully saturated rings. The summed E-state index contributed by atoms with van der Waals surface area (Å²) >= 11 is 0. The van der Waals surface area contributed by atoms with Gasteiger partial charge in [0.25, 0.3) is 0 Å². The van der Waals surface area contributed by atoms with Crippen molar-refractivity contribution in [2.75, 3.05) is 13.4 Å². The summed E-state index contributed by atoms with van der Waals surface area (Å²) in [5.74, 6) is -1.68. The third-order valence-corrected chi connectivity index (χ3v) is 3.94. The number of methoxy groups -OCH3 is 1. The van der Waals surface area contributed by atoms with Crippen molar-refractivity contribution in [3.63, 3.8) is 0 Å². The van der Waals surface area contributed by atoms with Crippen molar-refractivity contribution in [3.8, 4) is 11.3 Å². The third-order valence-electron chi connectivity index (χ3n) is 2.83. The van der Waals surface area contributed by atoms with E-state index in [-0.39, 0.29) is 21.7 Å². The van der Waals surface area contributed by atoms with Crippen LogP contribution < -0.4 is 0 Å². The zero-order valence-electron chi connectivity index (χ0n) is 11.3. The molecule has 2 rings (SSSR count). The second-order valence-electron chi connectivity index (χ2n) is 4.31. The molecule has 21 heavy (non-hydrogen) atoms. The molecule has 0 aliphatic rings. The fraction of sp³-hybridized carbons (Fsp3) is 0.143. The number of hydrogen-bond donors (Lipinski definition) is 0. The van der Waals surface area contributed by atoms with E-state index in [4.69, 9.17) is 0 Å². The van der Waals surface area contributed by atoms with Crippen LogP contribution in [0.2, 0.25) is 0 Å². The quantitative estimate of drug-likeness (QED) is 0.812. The molecule has 0 amide bonds. The van der Waals surface area contributed by atoms with E-state index in [1.165, 1.54) is 36.5 Å². The molecule has 5 nitrogen and oxygen atoms in total. The van der Waals surface area contributed by atoms with Crippen molar-refractivity contribution in [2.24, 2.45) is 0 Å². The van der Waals surface area contributed by atoms with Crippen LogP contribution >= 0.6 is 0 Å². The Kier molecular flexibility index (Phi) is 4.04. The predicted octanol–water partition coefficient (Wildman–Crippen LogP) is 2.08. The molecule has 0 spiro atoms. The number of rotatable bonds is 3. The lowest BCUT2D eigenvalue weighted by Crippen LogP contribution is -2.06. The number of pyridine rings is 1. The van der Waals surface area contributed by atoms with Gasteiger partial charge < -0.3 is 4.74 Å². The van der Waals surface area contributed by atoms with Crippen LogP contribution in [0.4, 0.5) is 4.39 Å². The minimum absolute atomic E-state index is 0.0460. The number of ether oxygens (including phenoxy) is 1. The van der Waals surface area contributed by atoms with Crippen LogP contribution in [0.1, 0.15) is 10.4 Å². The van der Waals surface area contributed by atoms with Crippen molar-refractivity contribution in [1.82, 2.24) is 4.98 Å². The van der Waals surface area contributed by atoms with E-state index in [0.29, 0.717) is 0 Å². The number of aromatic nitrogens is 1. The second-order valence-corrected chi connectivity index (χ2v) is 6.33. The lowest BCUT2D eigenvalue weighted by atomic mass is 10.1. The molecule has 1 aromatic carbocycles. The molecule has 7 heteroatoms. The molecular formula is C14H12FNO4S. The molecule has 110 valence electrons. The average molecular weight is 309 g/mol. The Balaban J connectivity index is 2.61. The summed E-state index contributed by atoms with van der Waals surface area (Å²) in [7, 11) is -2.27. The zero-order valence-corrected chi connectivity index (χ0v) is 12.1. The first-order valence-corrected chi connectivity index (χ1v) is 7.77. The fourth-order valence-corrected chi connectivity index (χ4v) is 2.45. The molecule has 0 saturated heterocycles. The van der Waals surface area contributed by atoms with Crippen LogP contribution in [-0.2, 0) is 14.6 Å². The monoisotopic (exact) mass is 309 g/mol. The highest BCUT2D eigenvalue weighted by molar-refractivity contribution is 7.90. The normalized spacial score (nSPS) is 11.2. The molecular weight excluding hydrogens is 297 g/mol. The van der Waals surface area contributed by atoms with Gasteiger partial charge in [0.1, 0.15) is 5.69 Å². The Morgan fingerprint density at radius 1 is 1.29 bits per heavy atom. The first kappa shape index (κ1) is 15.1. The standard InChI is InChI=1S/C14H12FNO4S/c1-20-14(17)11-6-7-16-13(12(11)15)9-4-3-5-10(8-9)21(2,18)19/h3-8H,1-2H3. The largest absolute Gasteiger partial charge is 0.465 e. The first-order chi connectivity index (χ1) is 9.84. The van der Waals surface area contributed by atoms with E-state index in [1.54, 1.807) is 0 Å². The van der Waals surface area contributed by atoms with Gasteiger partial charge in [-0.05, 0) is 18.2 Å². The summed E-state index contributed by atoms with van der Waals surface area (Å²) in [5.41, 5.74) is -0.100. The predicted molar refractivity (Wildman–Crippen MR) is 74.1 cm³/mol. The summed E-state index contributed by atoms with van der Waals surface area (Å²) in [6.45, 7) is 0. The maximum absolute atomic E-state index is 14.3. The van der Waals surface area contributed by atoms with E-state index < -0.39 is 21.6 Å². The molecule has 0 aliphatic heterocycles. The molecule has 0 radical (unpaired) electrons. The van der Waals surface area contributed by atoms with Gasteiger partial charge in [-0.2, -0.15) is 0 Å². The average Bonchev–Trinajstić information content (AvgIpc) is 2.46. The molecule has 2 aromatic rings. The third kappa shape index (κ3) is 3.08. The van der Waals surface area contributed by atoms with Gasteiger partial charge in [-0.1, -0.05) is 12.1 Å². The number of esters is 1. The summed E-state index contributed by atoms with van der Waals surface area (Å²) in [6.07, 6.45) is 2.32. The number of carbonyl (C=O) groups is 1. The van der Waals surface area contributed by atoms with Gasteiger partial charge in [0, 0.05) is 18.0 Å². The summed E-state index contributed by atoms with van der Waals surface area (Å²) in [5, 5.41) is 0. The van der Waals surface area contributed by atoms with Gasteiger partial charge in [0.15, 0.2) is 15.7 Å². The van der Waals surface area contributed by atoms with E-state index >= 15 is 0 Å². The molecule has 1 aromatic heterocycles. The molecule has 1 heterocycles. The maximum Gasteiger partial charge on any atom is 0.340 e. The summed E-state index contributed by atoms with van der Waals surface area (Å²) in [4.78, 5) is 15.4. The van der Waals surface area contributed by atoms with Crippen LogP contribution in [0.3, 0.4) is 0 Å². The van der Waals surface area contributed by atoms with Crippen LogP contribution in [0.15, 0.2) is 41.4 Å². The highest BCUT2D eigenvalue weighted by Gasteiger charge is 2.18. The van der Waals surface area contributed by atoms with E-state index in [9.17, 15) is 17.6 Å². The lowest BCUT2D eigenvalue weighted by molar-refractivity contribution is 0.0595. The molecule has 0 bridgehead atoms. The molecule has 0 N–H and O–H groups in total. The van der Waals surface area contributed by atoms with Crippen molar-refractivity contribution in [2.45, 2.75) is 4.90 Å². The Hall–Kier alpha value is -2.28. The van der Waals surface area contributed by atoms with Crippen LogP contribution in [0.5, 0.6) is 0 Å². The number of nitrogens with zero attached hydrogens (tertiary/aromatic N) is 1. The fourth-order valence-electron chi connectivity index (χ4n) is 1.79. The number of carbonyl (C=O) groups excluding carboxylic acids is 1. The minimum Gasteiger partial charge on any atom is -0.465 e. The Labute approximate surface area is 121 Å². The molecule has 0 aliphatic carbocycles. The van der Waals surface area contributed by atoms with Crippen molar-refractivity contribution in [3.05, 3.63) is 47.9 Å². The van der Waals surface area contributed by atoms with Crippen LogP contribution in [0.25, 0.3) is 11.3 Å². The van der Waals surface area contributed by atoms with Crippen molar-refractivity contribution >= 4 is 15.8 Å². The topological polar surface area (TPSA) is 73.3 Å². The lowest BCUT2D eigenvalue weighted by Gasteiger charge is -2.07. The Bertz CT molecular complexity index is 802. The molecule has 0 atom stereocenters. The number of hydrogen-bond acceptors (Lipinski definition) is 5. The van der Waals surface area contributed by atoms with Crippen LogP contribution in [0, 0.1) is 5.82 Å². The maximum atomic E-state index is 14.3. The highest BCUT2D eigenvalue weighted by atomic mass is 32.2. The van der Waals surface area contributed by atoms with Gasteiger partial charge in [-0.15, -0.1) is 0 Å². The van der Waals surface area contributed by atoms with Crippen molar-refractivity contribution < 1.29 is 22.3 Å². The SMILES string of the molecule is COC(=O)c1ccnc(-c2cccc(S(C)(=O)=O)c2)c1F. The smallest absolute Gasteiger partial charge is 0.340 e. The highest BCUT2D eigenvalue weighted by Crippen LogP contribution is 2.25. The van der Waals surface area contributed by atoms with Crippen molar-refractivity contribution in [1.29, 1.82) is 0 Å². The van der Waals surface area contributed by atoms with E-state index in [1.807, 2.05) is 0 Å². The molecule has 0 saturated carbocycles. The van der Waals surface area contributed by atoms with E-state index in [0.717, 1.165) is 13.4 Å². The number of sulfone groups is 1. The van der Waals surface area contributed by atoms with E-state index in [2.05, 4.69) is 9.72 Å². The zero-order chi connectivity index (χ0) is 15.6. The number of halogens is 1. The summed E-state index contributed by atoms with van der Waals surface area (Å²) in [6, 6.07) is 6.91. The van der Waals surface area contributed by atoms with Gasteiger partial charge in [0.05, 0.1) is 17.6 Å². The van der Waals surface area contributed by atoms with Gasteiger partial charge >= 0.3 is 5.97 Å². The Morgan fingerprint density at radius 3 is 2.62 bits per heavy atom. The minimum atomic E-state index is -3.42. The summed E-state index contributed by atoms with van der Waals surface area (Å²) < 4.78 is 41.9. The van der Waals surface area contributed by atoms with Gasteiger partial charge in [0.2, 0.25) is 0 Å².